The average Bonchev–Trinajstić information content (AvgIpc) is 2.66. The van der Waals surface area contributed by atoms with Crippen LogP contribution in [0.15, 0.2) is 40.2 Å². The van der Waals surface area contributed by atoms with Gasteiger partial charge in [0.2, 0.25) is 0 Å². The third kappa shape index (κ3) is 7.13. The fourth-order valence-electron chi connectivity index (χ4n) is 3.26. The summed E-state index contributed by atoms with van der Waals surface area (Å²) in [5.74, 6) is 1.10. The van der Waals surface area contributed by atoms with Crippen molar-refractivity contribution >= 4 is 32.9 Å². The molecule has 7 heteroatoms. The molecule has 3 aliphatic heterocycles. The first kappa shape index (κ1) is 21.7. The zero-order chi connectivity index (χ0) is 19.5. The highest BCUT2D eigenvalue weighted by Gasteiger charge is 2.43. The lowest BCUT2D eigenvalue weighted by Crippen LogP contribution is -2.55. The number of thioether (sulfide) groups is 1. The first-order valence-electron chi connectivity index (χ1n) is 10.3. The van der Waals surface area contributed by atoms with Gasteiger partial charge in [-0.25, -0.2) is 0 Å². The predicted octanol–water partition coefficient (Wildman–Crippen LogP) is 3.95. The lowest BCUT2D eigenvalue weighted by atomic mass is 10.2. The summed E-state index contributed by atoms with van der Waals surface area (Å²) in [6, 6.07) is 11.3. The topological polar surface area (TPSA) is 43.3 Å². The van der Waals surface area contributed by atoms with Crippen LogP contribution < -0.4 is 0 Å². The van der Waals surface area contributed by atoms with E-state index in [4.69, 9.17) is 13.3 Å². The van der Waals surface area contributed by atoms with Crippen LogP contribution in [0.4, 0.5) is 0 Å². The van der Waals surface area contributed by atoms with Crippen LogP contribution in [-0.4, -0.2) is 71.7 Å². The Balaban J connectivity index is 1.51. The Kier molecular flexibility index (Phi) is 9.24. The quantitative estimate of drug-likeness (QED) is 0.344. The smallest absolute Gasteiger partial charge is 0.372 e. The van der Waals surface area contributed by atoms with Gasteiger partial charge in [-0.2, -0.15) is 0 Å². The van der Waals surface area contributed by atoms with Crippen molar-refractivity contribution in [3.05, 3.63) is 40.8 Å². The second kappa shape index (κ2) is 11.9. The van der Waals surface area contributed by atoms with E-state index in [9.17, 15) is 0 Å². The van der Waals surface area contributed by atoms with Gasteiger partial charge in [-0.05, 0) is 30.2 Å². The maximum Gasteiger partial charge on any atom is 0.501 e. The van der Waals surface area contributed by atoms with Crippen molar-refractivity contribution in [1.82, 2.24) is 4.90 Å². The predicted molar refractivity (Wildman–Crippen MR) is 120 cm³/mol. The Morgan fingerprint density at radius 1 is 1.11 bits per heavy atom. The molecule has 0 N–H and O–H groups in total. The number of fused-ring (bicyclic) bond motifs is 6. The first-order valence-corrected chi connectivity index (χ1v) is 13.2. The number of hydrogen-bond donors (Lipinski definition) is 0. The molecular formula is C21H32N2O3SSi. The summed E-state index contributed by atoms with van der Waals surface area (Å²) in [4.78, 5) is 8.24. The third-order valence-electron chi connectivity index (χ3n) is 4.76. The second-order valence-corrected chi connectivity index (χ2v) is 10.9. The Labute approximate surface area is 174 Å². The highest BCUT2D eigenvalue weighted by molar-refractivity contribution is 8.04. The van der Waals surface area contributed by atoms with E-state index in [1.54, 1.807) is 0 Å². The van der Waals surface area contributed by atoms with Gasteiger partial charge in [0, 0.05) is 43.3 Å². The molecular weight excluding hydrogens is 388 g/mol. The van der Waals surface area contributed by atoms with E-state index < -0.39 is 8.80 Å². The maximum atomic E-state index is 6.09. The molecule has 28 heavy (non-hydrogen) atoms. The SMILES string of the molecule is CCCSC(C=NCCC[Si]12OCCN(CCO1)CCO2)=Cc1ccccc1. The summed E-state index contributed by atoms with van der Waals surface area (Å²) < 4.78 is 18.3. The number of aliphatic imine (C=N–C) groups is 1. The molecule has 154 valence electrons. The van der Waals surface area contributed by atoms with E-state index in [1.165, 1.54) is 10.5 Å². The first-order chi connectivity index (χ1) is 13.8. The van der Waals surface area contributed by atoms with Gasteiger partial charge in [-0.1, -0.05) is 37.3 Å². The van der Waals surface area contributed by atoms with Crippen LogP contribution in [0.1, 0.15) is 25.3 Å². The van der Waals surface area contributed by atoms with Gasteiger partial charge in [0.1, 0.15) is 0 Å². The molecule has 0 aromatic heterocycles. The second-order valence-electron chi connectivity index (χ2n) is 7.01. The maximum absolute atomic E-state index is 6.09. The van der Waals surface area contributed by atoms with E-state index in [0.717, 1.165) is 50.8 Å². The number of nitrogens with zero attached hydrogens (tertiary/aromatic N) is 2. The molecule has 0 aliphatic carbocycles. The standard InChI is InChI=1S/C21H32N2O3SSi/c1-2-16-27-21(18-20-7-4-3-5-8-20)19-22-9-6-17-28-24-13-10-23(11-14-25-28)12-15-26-28/h3-5,7-8,18-19H,2,6,9-17H2,1H3. The van der Waals surface area contributed by atoms with Crippen LogP contribution in [-0.2, 0) is 13.3 Å². The molecule has 5 nitrogen and oxygen atoms in total. The molecule has 3 saturated heterocycles. The summed E-state index contributed by atoms with van der Waals surface area (Å²) in [6.45, 7) is 8.09. The third-order valence-corrected chi connectivity index (χ3v) is 8.83. The van der Waals surface area contributed by atoms with Gasteiger partial charge in [0.25, 0.3) is 0 Å². The fourth-order valence-corrected chi connectivity index (χ4v) is 6.55. The molecule has 4 rings (SSSR count). The van der Waals surface area contributed by atoms with E-state index in [0.29, 0.717) is 19.8 Å². The van der Waals surface area contributed by atoms with Crippen molar-refractivity contribution in [1.29, 1.82) is 0 Å². The minimum atomic E-state index is -2.51. The van der Waals surface area contributed by atoms with Gasteiger partial charge in [-0.15, -0.1) is 11.8 Å². The highest BCUT2D eigenvalue weighted by Crippen LogP contribution is 2.22. The molecule has 2 bridgehead atoms. The number of hydrogen-bond acceptors (Lipinski definition) is 6. The molecule has 1 aromatic carbocycles. The van der Waals surface area contributed by atoms with Gasteiger partial charge in [0.05, 0.1) is 19.8 Å². The molecule has 0 atom stereocenters. The zero-order valence-electron chi connectivity index (χ0n) is 16.8. The molecule has 0 radical (unpaired) electrons. The summed E-state index contributed by atoms with van der Waals surface area (Å²) in [6.07, 6.45) is 6.32. The van der Waals surface area contributed by atoms with Gasteiger partial charge in [-0.3, -0.25) is 9.89 Å². The Morgan fingerprint density at radius 2 is 1.79 bits per heavy atom. The lowest BCUT2D eigenvalue weighted by molar-refractivity contribution is -0.00841. The van der Waals surface area contributed by atoms with E-state index in [1.807, 2.05) is 24.0 Å². The van der Waals surface area contributed by atoms with Crippen LogP contribution in [0.3, 0.4) is 0 Å². The largest absolute Gasteiger partial charge is 0.501 e. The zero-order valence-corrected chi connectivity index (χ0v) is 18.7. The van der Waals surface area contributed by atoms with Crippen molar-refractivity contribution in [2.24, 2.45) is 4.99 Å². The van der Waals surface area contributed by atoms with Crippen LogP contribution in [0.2, 0.25) is 6.04 Å². The molecule has 3 fully saturated rings. The minimum absolute atomic E-state index is 0.715. The van der Waals surface area contributed by atoms with E-state index in [2.05, 4.69) is 47.2 Å². The lowest BCUT2D eigenvalue weighted by Gasteiger charge is -2.38. The Bertz CT molecular complexity index is 615. The number of benzene rings is 1. The molecule has 0 spiro atoms. The van der Waals surface area contributed by atoms with Crippen molar-refractivity contribution in [2.45, 2.75) is 25.8 Å². The average molecular weight is 421 g/mol. The Morgan fingerprint density at radius 3 is 2.43 bits per heavy atom. The van der Waals surface area contributed by atoms with Crippen molar-refractivity contribution in [3.8, 4) is 0 Å². The molecule has 3 aliphatic rings. The van der Waals surface area contributed by atoms with Crippen molar-refractivity contribution in [3.63, 3.8) is 0 Å². The van der Waals surface area contributed by atoms with Crippen molar-refractivity contribution < 1.29 is 13.3 Å². The summed E-state index contributed by atoms with van der Waals surface area (Å²) in [7, 11) is -2.51. The van der Waals surface area contributed by atoms with Crippen LogP contribution in [0.5, 0.6) is 0 Å². The van der Waals surface area contributed by atoms with Gasteiger partial charge >= 0.3 is 8.80 Å². The summed E-state index contributed by atoms with van der Waals surface area (Å²) >= 11 is 1.86. The van der Waals surface area contributed by atoms with Gasteiger partial charge in [0.15, 0.2) is 0 Å². The summed E-state index contributed by atoms with van der Waals surface area (Å²) in [5, 5.41) is 0. The number of rotatable bonds is 9. The van der Waals surface area contributed by atoms with Crippen molar-refractivity contribution in [2.75, 3.05) is 51.8 Å². The highest BCUT2D eigenvalue weighted by atomic mass is 32.2. The summed E-state index contributed by atoms with van der Waals surface area (Å²) in [5.41, 5.74) is 1.21. The fraction of sp³-hybridized carbons (Fsp3) is 0.571. The van der Waals surface area contributed by atoms with E-state index >= 15 is 0 Å². The van der Waals surface area contributed by atoms with Crippen LogP contribution >= 0.6 is 11.8 Å². The monoisotopic (exact) mass is 420 g/mol. The number of allylic oxidation sites excluding steroid dienone is 1. The minimum Gasteiger partial charge on any atom is -0.372 e. The molecule has 0 amide bonds. The molecule has 3 heterocycles. The Hall–Kier alpha value is -0.963. The molecule has 0 unspecified atom stereocenters. The molecule has 1 aromatic rings. The van der Waals surface area contributed by atoms with Crippen LogP contribution in [0, 0.1) is 0 Å². The normalized spacial score (nSPS) is 26.2. The van der Waals surface area contributed by atoms with E-state index in [-0.39, 0.29) is 0 Å². The molecule has 0 saturated carbocycles. The van der Waals surface area contributed by atoms with Gasteiger partial charge < -0.3 is 13.3 Å². The van der Waals surface area contributed by atoms with Crippen LogP contribution in [0.25, 0.3) is 6.08 Å².